The molecular weight excluding hydrogens is 534 g/mol. The van der Waals surface area contributed by atoms with Crippen LogP contribution in [0.1, 0.15) is 0 Å². The summed E-state index contributed by atoms with van der Waals surface area (Å²) < 4.78 is 28.3. The van der Waals surface area contributed by atoms with Gasteiger partial charge in [0.2, 0.25) is 11.2 Å². The summed E-state index contributed by atoms with van der Waals surface area (Å²) in [5.41, 5.74) is 0.875. The number of para-hydroxylation sites is 1. The van der Waals surface area contributed by atoms with Crippen LogP contribution in [0, 0.1) is 0 Å². The number of hydrogen-bond acceptors (Lipinski definition) is 7. The molecular formula is C31H24ClNO7. The van der Waals surface area contributed by atoms with Crippen LogP contribution in [0.3, 0.4) is 0 Å². The van der Waals surface area contributed by atoms with Gasteiger partial charge in [0, 0.05) is 16.3 Å². The summed E-state index contributed by atoms with van der Waals surface area (Å²) in [6, 6.07) is 26.0. The lowest BCUT2D eigenvalue weighted by molar-refractivity contribution is -0.118. The molecule has 1 aromatic heterocycles. The molecule has 0 radical (unpaired) electrons. The SMILES string of the molecule is COc1ccc(-c2oc3ccc(Cl)cc3c(=O)c2OCC(=O)Nc2ccc(Oc3ccccc3)cc2)cc1OC. The number of amides is 1. The fourth-order valence-corrected chi connectivity index (χ4v) is 4.19. The van der Waals surface area contributed by atoms with Gasteiger partial charge in [-0.25, -0.2) is 0 Å². The van der Waals surface area contributed by atoms with E-state index in [0.29, 0.717) is 44.9 Å². The maximum absolute atomic E-state index is 13.5. The lowest BCUT2D eigenvalue weighted by atomic mass is 10.1. The minimum absolute atomic E-state index is 0.135. The number of carbonyl (C=O) groups is 1. The Kier molecular flexibility index (Phi) is 7.89. The van der Waals surface area contributed by atoms with E-state index in [-0.39, 0.29) is 16.9 Å². The molecule has 5 aromatic rings. The maximum atomic E-state index is 13.5. The third-order valence-electron chi connectivity index (χ3n) is 5.92. The lowest BCUT2D eigenvalue weighted by Crippen LogP contribution is -2.22. The van der Waals surface area contributed by atoms with Gasteiger partial charge in [-0.1, -0.05) is 29.8 Å². The fraction of sp³-hybridized carbons (Fsp3) is 0.0968. The zero-order chi connectivity index (χ0) is 28.1. The molecule has 8 nitrogen and oxygen atoms in total. The van der Waals surface area contributed by atoms with E-state index in [4.69, 9.17) is 35.0 Å². The number of carbonyl (C=O) groups excluding carboxylic acids is 1. The molecule has 4 aromatic carbocycles. The van der Waals surface area contributed by atoms with Gasteiger partial charge in [-0.2, -0.15) is 0 Å². The third-order valence-corrected chi connectivity index (χ3v) is 6.16. The smallest absolute Gasteiger partial charge is 0.262 e. The van der Waals surface area contributed by atoms with Gasteiger partial charge in [0.15, 0.2) is 23.9 Å². The molecule has 0 saturated carbocycles. The van der Waals surface area contributed by atoms with Gasteiger partial charge in [0.05, 0.1) is 19.6 Å². The van der Waals surface area contributed by atoms with E-state index in [0.717, 1.165) is 0 Å². The summed E-state index contributed by atoms with van der Waals surface area (Å²) in [5, 5.41) is 3.34. The molecule has 1 N–H and O–H groups in total. The van der Waals surface area contributed by atoms with Crippen LogP contribution in [0.25, 0.3) is 22.3 Å². The summed E-state index contributed by atoms with van der Waals surface area (Å²) in [6.07, 6.45) is 0. The molecule has 5 rings (SSSR count). The Balaban J connectivity index is 1.38. The number of nitrogens with one attached hydrogen (secondary N) is 1. The molecule has 0 bridgehead atoms. The summed E-state index contributed by atoms with van der Waals surface area (Å²) >= 11 is 6.12. The number of fused-ring (bicyclic) bond motifs is 1. The van der Waals surface area contributed by atoms with Crippen LogP contribution in [-0.2, 0) is 4.79 Å². The average Bonchev–Trinajstić information content (AvgIpc) is 2.98. The Hall–Kier alpha value is -4.95. The van der Waals surface area contributed by atoms with E-state index in [1.807, 2.05) is 30.3 Å². The molecule has 0 unspecified atom stereocenters. The second kappa shape index (κ2) is 11.8. The van der Waals surface area contributed by atoms with Gasteiger partial charge in [0.1, 0.15) is 17.1 Å². The number of ether oxygens (including phenoxy) is 4. The standard InChI is InChI=1S/C31H24ClNO7/c1-36-26-14-8-19(16-27(26)37-2)30-31(29(35)24-17-20(32)9-15-25(24)40-30)38-18-28(34)33-21-10-12-23(13-11-21)39-22-6-4-3-5-7-22/h3-17H,18H2,1-2H3,(H,33,34). The van der Waals surface area contributed by atoms with E-state index in [1.54, 1.807) is 54.6 Å². The topological polar surface area (TPSA) is 96.2 Å². The highest BCUT2D eigenvalue weighted by atomic mass is 35.5. The minimum atomic E-state index is -0.472. The molecule has 202 valence electrons. The minimum Gasteiger partial charge on any atom is -0.493 e. The Bertz CT molecular complexity index is 1720. The third kappa shape index (κ3) is 5.87. The zero-order valence-electron chi connectivity index (χ0n) is 21.6. The first kappa shape index (κ1) is 26.6. The molecule has 1 amide bonds. The molecule has 0 aliphatic carbocycles. The predicted molar refractivity (Wildman–Crippen MR) is 153 cm³/mol. The van der Waals surface area contributed by atoms with E-state index in [1.165, 1.54) is 20.3 Å². The van der Waals surface area contributed by atoms with Crippen LogP contribution in [0.5, 0.6) is 28.7 Å². The van der Waals surface area contributed by atoms with Gasteiger partial charge in [-0.3, -0.25) is 9.59 Å². The fourth-order valence-electron chi connectivity index (χ4n) is 4.01. The summed E-state index contributed by atoms with van der Waals surface area (Å²) in [6.45, 7) is -0.445. The van der Waals surface area contributed by atoms with Crippen molar-refractivity contribution in [3.8, 4) is 40.1 Å². The number of hydrogen-bond donors (Lipinski definition) is 1. The van der Waals surface area contributed by atoms with Crippen LogP contribution in [0.15, 0.2) is 100 Å². The Morgan fingerprint density at radius 2 is 1.57 bits per heavy atom. The number of rotatable bonds is 9. The van der Waals surface area contributed by atoms with Crippen LogP contribution >= 0.6 is 11.6 Å². The van der Waals surface area contributed by atoms with E-state index in [9.17, 15) is 9.59 Å². The molecule has 1 heterocycles. The Labute approximate surface area is 234 Å². The first-order chi connectivity index (χ1) is 19.4. The molecule has 0 fully saturated rings. The van der Waals surface area contributed by atoms with Crippen molar-refractivity contribution in [1.29, 1.82) is 0 Å². The second-order valence-corrected chi connectivity index (χ2v) is 9.01. The van der Waals surface area contributed by atoms with Gasteiger partial charge in [0.25, 0.3) is 5.91 Å². The van der Waals surface area contributed by atoms with Gasteiger partial charge in [-0.15, -0.1) is 0 Å². The van der Waals surface area contributed by atoms with E-state index < -0.39 is 17.9 Å². The summed E-state index contributed by atoms with van der Waals surface area (Å²) in [7, 11) is 3.02. The highest BCUT2D eigenvalue weighted by Gasteiger charge is 2.21. The molecule has 0 atom stereocenters. The number of halogens is 1. The van der Waals surface area contributed by atoms with Crippen LogP contribution < -0.4 is 29.7 Å². The number of benzene rings is 4. The van der Waals surface area contributed by atoms with Crippen molar-refractivity contribution in [2.75, 3.05) is 26.1 Å². The highest BCUT2D eigenvalue weighted by molar-refractivity contribution is 6.31. The van der Waals surface area contributed by atoms with Crippen molar-refractivity contribution in [2.24, 2.45) is 0 Å². The second-order valence-electron chi connectivity index (χ2n) is 8.58. The Morgan fingerprint density at radius 1 is 0.850 bits per heavy atom. The van der Waals surface area contributed by atoms with Crippen molar-refractivity contribution < 1.29 is 28.2 Å². The Morgan fingerprint density at radius 3 is 2.30 bits per heavy atom. The molecule has 0 spiro atoms. The predicted octanol–water partition coefficient (Wildman–Crippen LogP) is 6.94. The van der Waals surface area contributed by atoms with E-state index in [2.05, 4.69) is 5.32 Å². The lowest BCUT2D eigenvalue weighted by Gasteiger charge is -2.14. The van der Waals surface area contributed by atoms with Crippen molar-refractivity contribution in [1.82, 2.24) is 0 Å². The molecule has 0 saturated heterocycles. The van der Waals surface area contributed by atoms with Gasteiger partial charge >= 0.3 is 0 Å². The number of anilines is 1. The van der Waals surface area contributed by atoms with Gasteiger partial charge in [-0.05, 0) is 72.8 Å². The first-order valence-corrected chi connectivity index (χ1v) is 12.6. The van der Waals surface area contributed by atoms with Crippen LogP contribution in [-0.4, -0.2) is 26.7 Å². The quantitative estimate of drug-likeness (QED) is 0.210. The monoisotopic (exact) mass is 557 g/mol. The van der Waals surface area contributed by atoms with Crippen molar-refractivity contribution >= 4 is 34.2 Å². The zero-order valence-corrected chi connectivity index (χ0v) is 22.4. The van der Waals surface area contributed by atoms with E-state index >= 15 is 0 Å². The molecule has 0 aliphatic rings. The number of methoxy groups -OCH3 is 2. The largest absolute Gasteiger partial charge is 0.493 e. The average molecular weight is 558 g/mol. The summed E-state index contributed by atoms with van der Waals surface area (Å²) in [4.78, 5) is 26.2. The van der Waals surface area contributed by atoms with Crippen molar-refractivity contribution in [2.45, 2.75) is 0 Å². The first-order valence-electron chi connectivity index (χ1n) is 12.2. The van der Waals surface area contributed by atoms with Crippen molar-refractivity contribution in [3.05, 3.63) is 106 Å². The van der Waals surface area contributed by atoms with Crippen molar-refractivity contribution in [3.63, 3.8) is 0 Å². The highest BCUT2D eigenvalue weighted by Crippen LogP contribution is 2.37. The summed E-state index contributed by atoms with van der Waals surface area (Å²) in [5.74, 6) is 1.78. The molecule has 9 heteroatoms. The molecule has 0 aliphatic heterocycles. The molecule has 40 heavy (non-hydrogen) atoms. The van der Waals surface area contributed by atoms with Crippen LogP contribution in [0.2, 0.25) is 5.02 Å². The van der Waals surface area contributed by atoms with Crippen LogP contribution in [0.4, 0.5) is 5.69 Å². The maximum Gasteiger partial charge on any atom is 0.262 e. The normalized spacial score (nSPS) is 10.7. The van der Waals surface area contributed by atoms with Gasteiger partial charge < -0.3 is 28.7 Å².